The minimum atomic E-state index is 0.634. The molecule has 0 atom stereocenters. The molecule has 1 aliphatic rings. The van der Waals surface area contributed by atoms with Crippen molar-refractivity contribution in [2.75, 3.05) is 40.0 Å². The summed E-state index contributed by atoms with van der Waals surface area (Å²) < 4.78 is 11.1. The normalized spacial score (nSPS) is 15.6. The van der Waals surface area contributed by atoms with Gasteiger partial charge in [-0.3, -0.25) is 4.99 Å². The molecule has 2 N–H and O–H groups in total. The van der Waals surface area contributed by atoms with E-state index in [0.29, 0.717) is 18.0 Å². The summed E-state index contributed by atoms with van der Waals surface area (Å²) in [6, 6.07) is 9.72. The van der Waals surface area contributed by atoms with E-state index in [0.717, 1.165) is 63.8 Å². The van der Waals surface area contributed by atoms with Crippen molar-refractivity contribution in [2.24, 2.45) is 10.9 Å². The SMILES string of the molecule is CN=C(NCCCOCC1CCOCC1)NCc1cccc(C#N)c1. The molecular formula is C19H28N4O2. The summed E-state index contributed by atoms with van der Waals surface area (Å²) >= 11 is 0. The average molecular weight is 344 g/mol. The van der Waals surface area contributed by atoms with E-state index in [9.17, 15) is 0 Å². The molecule has 0 spiro atoms. The van der Waals surface area contributed by atoms with Crippen LogP contribution in [0.4, 0.5) is 0 Å². The fourth-order valence-corrected chi connectivity index (χ4v) is 2.70. The fourth-order valence-electron chi connectivity index (χ4n) is 2.70. The Bertz CT molecular complexity index is 577. The first-order chi connectivity index (χ1) is 12.3. The van der Waals surface area contributed by atoms with Crippen LogP contribution in [-0.2, 0) is 16.0 Å². The zero-order valence-corrected chi connectivity index (χ0v) is 15.0. The van der Waals surface area contributed by atoms with Gasteiger partial charge in [0, 0.05) is 46.6 Å². The lowest BCUT2D eigenvalue weighted by Crippen LogP contribution is -2.37. The van der Waals surface area contributed by atoms with Crippen molar-refractivity contribution in [1.82, 2.24) is 10.6 Å². The summed E-state index contributed by atoms with van der Waals surface area (Å²) in [6.45, 7) is 4.78. The maximum absolute atomic E-state index is 8.93. The zero-order chi connectivity index (χ0) is 17.7. The Balaban J connectivity index is 1.56. The van der Waals surface area contributed by atoms with Crippen LogP contribution in [0.1, 0.15) is 30.4 Å². The number of rotatable bonds is 8. The maximum atomic E-state index is 8.93. The number of nitriles is 1. The highest BCUT2D eigenvalue weighted by Gasteiger charge is 2.13. The number of benzene rings is 1. The molecule has 136 valence electrons. The monoisotopic (exact) mass is 344 g/mol. The molecule has 1 aromatic rings. The van der Waals surface area contributed by atoms with Crippen LogP contribution in [0.15, 0.2) is 29.3 Å². The molecule has 1 aromatic carbocycles. The molecule has 1 saturated heterocycles. The van der Waals surface area contributed by atoms with Gasteiger partial charge in [0.1, 0.15) is 0 Å². The van der Waals surface area contributed by atoms with Crippen molar-refractivity contribution in [2.45, 2.75) is 25.8 Å². The molecule has 0 aliphatic carbocycles. The highest BCUT2D eigenvalue weighted by atomic mass is 16.5. The minimum absolute atomic E-state index is 0.634. The molecule has 0 bridgehead atoms. The summed E-state index contributed by atoms with van der Waals surface area (Å²) in [7, 11) is 1.75. The Morgan fingerprint density at radius 2 is 2.20 bits per heavy atom. The molecule has 0 radical (unpaired) electrons. The molecule has 6 nitrogen and oxygen atoms in total. The van der Waals surface area contributed by atoms with Crippen LogP contribution < -0.4 is 10.6 Å². The number of ether oxygens (including phenoxy) is 2. The lowest BCUT2D eigenvalue weighted by Gasteiger charge is -2.21. The highest BCUT2D eigenvalue weighted by molar-refractivity contribution is 5.79. The van der Waals surface area contributed by atoms with E-state index in [1.165, 1.54) is 0 Å². The van der Waals surface area contributed by atoms with Gasteiger partial charge in [0.25, 0.3) is 0 Å². The molecule has 1 aliphatic heterocycles. The second-order valence-electron chi connectivity index (χ2n) is 6.15. The third-order valence-electron chi connectivity index (χ3n) is 4.19. The second kappa shape index (κ2) is 11.5. The number of nitrogens with one attached hydrogen (secondary N) is 2. The number of nitrogens with zero attached hydrogens (tertiary/aromatic N) is 2. The third-order valence-corrected chi connectivity index (χ3v) is 4.19. The van der Waals surface area contributed by atoms with Crippen LogP contribution in [0, 0.1) is 17.2 Å². The molecule has 2 rings (SSSR count). The lowest BCUT2D eigenvalue weighted by atomic mass is 10.0. The maximum Gasteiger partial charge on any atom is 0.191 e. The Morgan fingerprint density at radius 3 is 2.96 bits per heavy atom. The van der Waals surface area contributed by atoms with Crippen LogP contribution in [0.5, 0.6) is 0 Å². The van der Waals surface area contributed by atoms with Crippen molar-refractivity contribution in [3.05, 3.63) is 35.4 Å². The number of guanidine groups is 1. The van der Waals surface area contributed by atoms with Gasteiger partial charge in [-0.1, -0.05) is 12.1 Å². The summed E-state index contributed by atoms with van der Waals surface area (Å²) in [5.41, 5.74) is 1.73. The molecule has 1 fully saturated rings. The van der Waals surface area contributed by atoms with Gasteiger partial charge in [0.2, 0.25) is 0 Å². The van der Waals surface area contributed by atoms with Gasteiger partial charge in [0.15, 0.2) is 5.96 Å². The first-order valence-electron chi connectivity index (χ1n) is 8.91. The van der Waals surface area contributed by atoms with E-state index in [4.69, 9.17) is 14.7 Å². The van der Waals surface area contributed by atoms with Gasteiger partial charge in [0.05, 0.1) is 11.6 Å². The predicted octanol–water partition coefficient (Wildman–Crippen LogP) is 2.06. The van der Waals surface area contributed by atoms with Crippen LogP contribution in [0.2, 0.25) is 0 Å². The van der Waals surface area contributed by atoms with E-state index >= 15 is 0 Å². The van der Waals surface area contributed by atoms with Crippen molar-refractivity contribution < 1.29 is 9.47 Å². The zero-order valence-electron chi connectivity index (χ0n) is 15.0. The predicted molar refractivity (Wildman–Crippen MR) is 98.3 cm³/mol. The smallest absolute Gasteiger partial charge is 0.191 e. The van der Waals surface area contributed by atoms with Gasteiger partial charge < -0.3 is 20.1 Å². The molecule has 0 aromatic heterocycles. The van der Waals surface area contributed by atoms with Crippen molar-refractivity contribution >= 4 is 5.96 Å². The number of hydrogen-bond acceptors (Lipinski definition) is 4. The lowest BCUT2D eigenvalue weighted by molar-refractivity contribution is 0.0203. The summed E-state index contributed by atoms with van der Waals surface area (Å²) in [5.74, 6) is 1.41. The molecule has 1 heterocycles. The van der Waals surface area contributed by atoms with E-state index in [1.807, 2.05) is 18.2 Å². The standard InChI is InChI=1S/C19H28N4O2/c1-21-19(23-14-18-5-2-4-17(12-18)13-20)22-8-3-9-25-15-16-6-10-24-11-7-16/h2,4-5,12,16H,3,6-11,14-15H2,1H3,(H2,21,22,23). The van der Waals surface area contributed by atoms with E-state index < -0.39 is 0 Å². The summed E-state index contributed by atoms with van der Waals surface area (Å²) in [6.07, 6.45) is 3.16. The first kappa shape index (κ1) is 19.2. The highest BCUT2D eigenvalue weighted by Crippen LogP contribution is 2.14. The summed E-state index contributed by atoms with van der Waals surface area (Å²) in [5, 5.41) is 15.5. The third kappa shape index (κ3) is 7.55. The van der Waals surface area contributed by atoms with Gasteiger partial charge in [-0.2, -0.15) is 5.26 Å². The minimum Gasteiger partial charge on any atom is -0.381 e. The summed E-state index contributed by atoms with van der Waals surface area (Å²) in [4.78, 5) is 4.21. The molecule has 25 heavy (non-hydrogen) atoms. The van der Waals surface area contributed by atoms with E-state index in [-0.39, 0.29) is 0 Å². The van der Waals surface area contributed by atoms with Crippen LogP contribution >= 0.6 is 0 Å². The fraction of sp³-hybridized carbons (Fsp3) is 0.579. The molecule has 0 saturated carbocycles. The Morgan fingerprint density at radius 1 is 1.36 bits per heavy atom. The Hall–Kier alpha value is -2.10. The largest absolute Gasteiger partial charge is 0.381 e. The number of hydrogen-bond donors (Lipinski definition) is 2. The first-order valence-corrected chi connectivity index (χ1v) is 8.91. The van der Waals surface area contributed by atoms with Crippen LogP contribution in [0.3, 0.4) is 0 Å². The van der Waals surface area contributed by atoms with Crippen molar-refractivity contribution in [3.63, 3.8) is 0 Å². The Labute approximate surface area is 150 Å². The molecule has 6 heteroatoms. The Kier molecular flexibility index (Phi) is 8.81. The second-order valence-corrected chi connectivity index (χ2v) is 6.15. The van der Waals surface area contributed by atoms with Gasteiger partial charge >= 0.3 is 0 Å². The average Bonchev–Trinajstić information content (AvgIpc) is 2.67. The molecule has 0 amide bonds. The van der Waals surface area contributed by atoms with Crippen molar-refractivity contribution in [1.29, 1.82) is 5.26 Å². The van der Waals surface area contributed by atoms with Crippen LogP contribution in [0.25, 0.3) is 0 Å². The van der Waals surface area contributed by atoms with E-state index in [2.05, 4.69) is 21.7 Å². The van der Waals surface area contributed by atoms with Gasteiger partial charge in [-0.25, -0.2) is 0 Å². The van der Waals surface area contributed by atoms with Gasteiger partial charge in [-0.05, 0) is 42.9 Å². The van der Waals surface area contributed by atoms with Gasteiger partial charge in [-0.15, -0.1) is 0 Å². The van der Waals surface area contributed by atoms with E-state index in [1.54, 1.807) is 13.1 Å². The quantitative estimate of drug-likeness (QED) is 0.429. The van der Waals surface area contributed by atoms with Crippen LogP contribution in [-0.4, -0.2) is 46.0 Å². The molecule has 0 unspecified atom stereocenters. The molecular weight excluding hydrogens is 316 g/mol. The topological polar surface area (TPSA) is 78.7 Å². The van der Waals surface area contributed by atoms with Crippen molar-refractivity contribution in [3.8, 4) is 6.07 Å². The number of aliphatic imine (C=N–C) groups is 1.